The van der Waals surface area contributed by atoms with Gasteiger partial charge >= 0.3 is 6.09 Å². The summed E-state index contributed by atoms with van der Waals surface area (Å²) in [6.07, 6.45) is -0.805. The van der Waals surface area contributed by atoms with Gasteiger partial charge in [0, 0.05) is 11.7 Å². The van der Waals surface area contributed by atoms with Crippen molar-refractivity contribution in [2.45, 2.75) is 16.7 Å². The van der Waals surface area contributed by atoms with Crippen LogP contribution in [0.1, 0.15) is 33.7 Å². The molecule has 5 aromatic carbocycles. The second-order valence-corrected chi connectivity index (χ2v) is 12.0. The number of methoxy groups -OCH3 is 1. The normalized spacial score (nSPS) is 12.6. The minimum absolute atomic E-state index is 0. The molecule has 0 unspecified atom stereocenters. The molecule has 5 aromatic rings. The average molecular weight is 633 g/mol. The number of quaternary nitrogens is 1. The molecule has 234 valence electrons. The summed E-state index contributed by atoms with van der Waals surface area (Å²) < 4.78 is 10.3. The van der Waals surface area contributed by atoms with Crippen molar-refractivity contribution in [3.05, 3.63) is 161 Å². The zero-order valence-electron chi connectivity index (χ0n) is 25.7. The molecule has 46 heavy (non-hydrogen) atoms. The number of benzene rings is 5. The lowest BCUT2D eigenvalue weighted by molar-refractivity contribution is -0.307. The molecule has 1 atom stereocenters. The van der Waals surface area contributed by atoms with Gasteiger partial charge in [0.05, 0.1) is 23.9 Å². The SMILES string of the molecule is COc1ccc(C(SC[C@H](NC(=O)OCC2c3ccccc3-c3ccccc32)C(=O)[O-])(c2ccccc2)c2ccccc2)cc1.[NH4+]. The minimum Gasteiger partial charge on any atom is -0.548 e. The summed E-state index contributed by atoms with van der Waals surface area (Å²) in [4.78, 5) is 25.5. The van der Waals surface area contributed by atoms with E-state index in [-0.39, 0.29) is 24.4 Å². The first-order valence-electron chi connectivity index (χ1n) is 14.7. The summed E-state index contributed by atoms with van der Waals surface area (Å²) in [5.41, 5.74) is 7.24. The van der Waals surface area contributed by atoms with E-state index in [0.717, 1.165) is 38.9 Å². The van der Waals surface area contributed by atoms with Crippen LogP contribution in [0.4, 0.5) is 4.79 Å². The van der Waals surface area contributed by atoms with Crippen LogP contribution in [0.3, 0.4) is 0 Å². The fraction of sp³-hybridized carbons (Fsp3) is 0.158. The lowest BCUT2D eigenvalue weighted by Gasteiger charge is -2.37. The molecule has 0 saturated carbocycles. The molecular formula is C38H36N2O5S. The van der Waals surface area contributed by atoms with Crippen LogP contribution in [0.25, 0.3) is 11.1 Å². The highest BCUT2D eigenvalue weighted by Gasteiger charge is 2.38. The van der Waals surface area contributed by atoms with Crippen LogP contribution in [-0.4, -0.2) is 37.6 Å². The van der Waals surface area contributed by atoms with Gasteiger partial charge in [-0.2, -0.15) is 0 Å². The van der Waals surface area contributed by atoms with Gasteiger partial charge in [0.15, 0.2) is 0 Å². The average Bonchev–Trinajstić information content (AvgIpc) is 3.41. The highest BCUT2D eigenvalue weighted by atomic mass is 32.2. The van der Waals surface area contributed by atoms with Crippen LogP contribution in [0.15, 0.2) is 133 Å². The number of aliphatic carboxylic acids is 1. The summed E-state index contributed by atoms with van der Waals surface area (Å²) in [5, 5.41) is 15.0. The van der Waals surface area contributed by atoms with E-state index in [4.69, 9.17) is 9.47 Å². The fourth-order valence-corrected chi connectivity index (χ4v) is 7.63. The maximum Gasteiger partial charge on any atom is 0.407 e. The molecule has 0 bridgehead atoms. The number of amides is 1. The third kappa shape index (κ3) is 6.36. The van der Waals surface area contributed by atoms with Crippen LogP contribution in [0.5, 0.6) is 5.75 Å². The molecule has 1 aliphatic rings. The Kier molecular flexibility index (Phi) is 10.1. The van der Waals surface area contributed by atoms with E-state index in [1.807, 2.05) is 121 Å². The second kappa shape index (κ2) is 14.4. The van der Waals surface area contributed by atoms with Gasteiger partial charge in [-0.1, -0.05) is 121 Å². The van der Waals surface area contributed by atoms with Crippen molar-refractivity contribution in [3.8, 4) is 16.9 Å². The van der Waals surface area contributed by atoms with E-state index in [1.165, 1.54) is 11.8 Å². The van der Waals surface area contributed by atoms with Gasteiger partial charge in [-0.15, -0.1) is 11.8 Å². The number of hydrogen-bond donors (Lipinski definition) is 2. The number of fused-ring (bicyclic) bond motifs is 3. The van der Waals surface area contributed by atoms with E-state index < -0.39 is 22.9 Å². The number of carboxylic acid groups (broad SMARTS) is 1. The Bertz CT molecular complexity index is 1700. The van der Waals surface area contributed by atoms with Crippen molar-refractivity contribution in [3.63, 3.8) is 0 Å². The summed E-state index contributed by atoms with van der Waals surface area (Å²) in [6.45, 7) is 0.0799. The molecule has 8 heteroatoms. The predicted octanol–water partition coefficient (Wildman–Crippen LogP) is 6.75. The number of alkyl carbamates (subject to hydrolysis) is 1. The minimum atomic E-state index is -1.39. The molecule has 0 heterocycles. The Morgan fingerprint density at radius 2 is 1.22 bits per heavy atom. The molecular weight excluding hydrogens is 596 g/mol. The number of thioether (sulfide) groups is 1. The molecule has 1 aliphatic carbocycles. The van der Waals surface area contributed by atoms with Crippen molar-refractivity contribution in [1.29, 1.82) is 0 Å². The smallest absolute Gasteiger partial charge is 0.407 e. The van der Waals surface area contributed by atoms with E-state index in [2.05, 4.69) is 17.4 Å². The van der Waals surface area contributed by atoms with Gasteiger partial charge in [0.1, 0.15) is 12.4 Å². The molecule has 7 nitrogen and oxygen atoms in total. The van der Waals surface area contributed by atoms with E-state index in [9.17, 15) is 14.7 Å². The first-order valence-corrected chi connectivity index (χ1v) is 15.7. The monoisotopic (exact) mass is 632 g/mol. The zero-order chi connectivity index (χ0) is 31.2. The lowest BCUT2D eigenvalue weighted by Crippen LogP contribution is -2.50. The van der Waals surface area contributed by atoms with Crippen molar-refractivity contribution >= 4 is 23.8 Å². The number of carbonyl (C=O) groups is 2. The number of rotatable bonds is 11. The molecule has 0 spiro atoms. The Hall–Kier alpha value is -5.05. The number of carboxylic acids is 1. The van der Waals surface area contributed by atoms with Crippen LogP contribution >= 0.6 is 11.8 Å². The Morgan fingerprint density at radius 3 is 1.72 bits per heavy atom. The number of ether oxygens (including phenoxy) is 2. The first-order chi connectivity index (χ1) is 22.0. The van der Waals surface area contributed by atoms with Crippen LogP contribution in [-0.2, 0) is 14.3 Å². The van der Waals surface area contributed by atoms with Gasteiger partial charge in [0.25, 0.3) is 0 Å². The second-order valence-electron chi connectivity index (χ2n) is 10.8. The zero-order valence-corrected chi connectivity index (χ0v) is 26.5. The quantitative estimate of drug-likeness (QED) is 0.155. The fourth-order valence-electron chi connectivity index (χ4n) is 6.08. The largest absolute Gasteiger partial charge is 0.548 e. The van der Waals surface area contributed by atoms with Gasteiger partial charge in [-0.25, -0.2) is 4.79 Å². The topological polar surface area (TPSA) is 124 Å². The van der Waals surface area contributed by atoms with Crippen LogP contribution in [0.2, 0.25) is 0 Å². The summed E-state index contributed by atoms with van der Waals surface area (Å²) in [7, 11) is 1.62. The number of hydrogen-bond acceptors (Lipinski definition) is 6. The third-order valence-electron chi connectivity index (χ3n) is 8.24. The molecule has 0 saturated heterocycles. The highest BCUT2D eigenvalue weighted by Crippen LogP contribution is 2.49. The van der Waals surface area contributed by atoms with Crippen LogP contribution < -0.4 is 21.3 Å². The van der Waals surface area contributed by atoms with Crippen molar-refractivity contribution in [2.75, 3.05) is 19.5 Å². The molecule has 1 amide bonds. The molecule has 0 fully saturated rings. The standard InChI is InChI=1S/C38H33NO5S.H3N/c1-43-29-22-20-28(21-23-29)38(26-12-4-2-5-13-26,27-14-6-3-7-15-27)45-25-35(36(40)41)39-37(42)44-24-34-32-18-10-8-16-30(32)31-17-9-11-19-33(31)34;/h2-23,34-35H,24-25H2,1H3,(H,39,42)(H,40,41);1H3/t35-;/m0./s1. The maximum atomic E-state index is 13.1. The number of carbonyl (C=O) groups excluding carboxylic acids is 2. The molecule has 0 aromatic heterocycles. The third-order valence-corrected chi connectivity index (χ3v) is 9.88. The predicted molar refractivity (Wildman–Crippen MR) is 181 cm³/mol. The van der Waals surface area contributed by atoms with E-state index in [0.29, 0.717) is 5.75 Å². The molecule has 0 radical (unpaired) electrons. The summed E-state index contributed by atoms with van der Waals surface area (Å²) >= 11 is 1.41. The van der Waals surface area contributed by atoms with Crippen molar-refractivity contribution < 1.29 is 24.2 Å². The molecule has 6 rings (SSSR count). The Labute approximate surface area is 273 Å². The van der Waals surface area contributed by atoms with E-state index in [1.54, 1.807) is 7.11 Å². The van der Waals surface area contributed by atoms with Gasteiger partial charge in [0.2, 0.25) is 0 Å². The molecule has 0 aliphatic heterocycles. The number of nitrogens with one attached hydrogen (secondary N) is 1. The highest BCUT2D eigenvalue weighted by molar-refractivity contribution is 8.00. The van der Waals surface area contributed by atoms with E-state index >= 15 is 0 Å². The van der Waals surface area contributed by atoms with Gasteiger partial charge < -0.3 is 30.8 Å². The Balaban J connectivity index is 0.00000417. The van der Waals surface area contributed by atoms with Gasteiger partial charge in [-0.05, 0) is 51.1 Å². The van der Waals surface area contributed by atoms with Gasteiger partial charge in [-0.3, -0.25) is 0 Å². The summed E-state index contributed by atoms with van der Waals surface area (Å²) in [6, 6.07) is 42.4. The van der Waals surface area contributed by atoms with Crippen molar-refractivity contribution in [2.24, 2.45) is 0 Å². The molecule has 5 N–H and O–H groups in total. The van der Waals surface area contributed by atoms with Crippen molar-refractivity contribution in [1.82, 2.24) is 11.5 Å². The first kappa shape index (κ1) is 32.3. The summed E-state index contributed by atoms with van der Waals surface area (Å²) in [5.74, 6) is -0.801. The van der Waals surface area contributed by atoms with Crippen LogP contribution in [0, 0.1) is 0 Å². The maximum absolute atomic E-state index is 13.1. The Morgan fingerprint density at radius 1 is 0.739 bits per heavy atom. The lowest BCUT2D eigenvalue weighted by atomic mass is 9.84.